The maximum Gasteiger partial charge on any atom is 0.408 e. The number of rotatable bonds is 1. The van der Waals surface area contributed by atoms with Gasteiger partial charge in [0, 0.05) is 29.7 Å². The number of fused-ring (bicyclic) bond motifs is 2. The highest BCUT2D eigenvalue weighted by Gasteiger charge is 2.32. The van der Waals surface area contributed by atoms with Crippen LogP contribution in [-0.4, -0.2) is 42.3 Å². The Bertz CT molecular complexity index is 835. The summed E-state index contributed by atoms with van der Waals surface area (Å²) in [4.78, 5) is 29.5. The molecule has 0 unspecified atom stereocenters. The molecule has 1 aromatic carbocycles. The number of alkyl carbamates (subject to hydrolysis) is 1. The van der Waals surface area contributed by atoms with Crippen molar-refractivity contribution in [3.8, 4) is 5.75 Å². The van der Waals surface area contributed by atoms with Gasteiger partial charge in [-0.15, -0.1) is 0 Å². The molecular formula is C18H23N3O4. The number of nitrogens with one attached hydrogen (secondary N) is 2. The molecule has 7 heteroatoms. The normalized spacial score (nSPS) is 17.7. The third-order valence-electron chi connectivity index (χ3n) is 3.92. The molecule has 1 aromatic heterocycles. The molecular weight excluding hydrogens is 322 g/mol. The highest BCUT2D eigenvalue weighted by atomic mass is 16.6. The number of likely N-dealkylation sites (N-methyl/N-ethyl adjacent to an activating group) is 1. The Morgan fingerprint density at radius 1 is 1.36 bits per heavy atom. The van der Waals surface area contributed by atoms with Gasteiger partial charge in [0.1, 0.15) is 24.0 Å². The van der Waals surface area contributed by atoms with Gasteiger partial charge < -0.3 is 24.7 Å². The summed E-state index contributed by atoms with van der Waals surface area (Å²) in [6, 6.07) is 4.97. The van der Waals surface area contributed by atoms with Crippen LogP contribution in [-0.2, 0) is 9.53 Å². The Kier molecular flexibility index (Phi) is 4.10. The van der Waals surface area contributed by atoms with Crippen molar-refractivity contribution < 1.29 is 19.1 Å². The van der Waals surface area contributed by atoms with Crippen LogP contribution in [0.5, 0.6) is 5.75 Å². The van der Waals surface area contributed by atoms with Crippen molar-refractivity contribution in [3.05, 3.63) is 23.9 Å². The number of aromatic amines is 1. The van der Waals surface area contributed by atoms with Crippen LogP contribution in [0, 0.1) is 6.92 Å². The van der Waals surface area contributed by atoms with Crippen molar-refractivity contribution in [1.29, 1.82) is 0 Å². The molecule has 0 bridgehead atoms. The SMILES string of the molecule is Cc1cc2cc3c(cc2[nH]1)OC[C@H](NC(=O)OC(C)(C)C)C(=O)N3C. The van der Waals surface area contributed by atoms with Crippen LogP contribution in [0.3, 0.4) is 0 Å². The minimum atomic E-state index is -0.813. The van der Waals surface area contributed by atoms with E-state index in [1.807, 2.05) is 25.1 Å². The van der Waals surface area contributed by atoms with Gasteiger partial charge in [-0.1, -0.05) is 0 Å². The fraction of sp³-hybridized carbons (Fsp3) is 0.444. The van der Waals surface area contributed by atoms with E-state index >= 15 is 0 Å². The molecule has 2 N–H and O–H groups in total. The number of aromatic nitrogens is 1. The summed E-state index contributed by atoms with van der Waals surface area (Å²) in [6.07, 6.45) is -0.642. The highest BCUT2D eigenvalue weighted by molar-refractivity contribution is 6.02. The summed E-state index contributed by atoms with van der Waals surface area (Å²) < 4.78 is 11.0. The van der Waals surface area contributed by atoms with Crippen LogP contribution in [0.2, 0.25) is 0 Å². The molecule has 2 heterocycles. The third kappa shape index (κ3) is 3.55. The van der Waals surface area contributed by atoms with Gasteiger partial charge in [-0.05, 0) is 39.8 Å². The van der Waals surface area contributed by atoms with Crippen molar-refractivity contribution >= 4 is 28.6 Å². The van der Waals surface area contributed by atoms with Crippen LogP contribution in [0.15, 0.2) is 18.2 Å². The van der Waals surface area contributed by atoms with Gasteiger partial charge in [0.25, 0.3) is 5.91 Å². The maximum absolute atomic E-state index is 12.7. The number of hydrogen-bond acceptors (Lipinski definition) is 4. The molecule has 0 fully saturated rings. The molecule has 3 rings (SSSR count). The summed E-state index contributed by atoms with van der Waals surface area (Å²) in [6.45, 7) is 7.32. The first-order chi connectivity index (χ1) is 11.6. The maximum atomic E-state index is 12.7. The lowest BCUT2D eigenvalue weighted by molar-refractivity contribution is -0.120. The molecule has 7 nitrogen and oxygen atoms in total. The molecule has 0 saturated carbocycles. The average Bonchev–Trinajstić information content (AvgIpc) is 2.81. The molecule has 2 aromatic rings. The topological polar surface area (TPSA) is 83.7 Å². The number of carbonyl (C=O) groups excluding carboxylic acids is 2. The Hall–Kier alpha value is -2.70. The zero-order chi connectivity index (χ0) is 18.4. The number of ether oxygens (including phenoxy) is 2. The van der Waals surface area contributed by atoms with Gasteiger partial charge in [-0.3, -0.25) is 4.79 Å². The highest BCUT2D eigenvalue weighted by Crippen LogP contribution is 2.35. The Morgan fingerprint density at radius 3 is 2.76 bits per heavy atom. The van der Waals surface area contributed by atoms with Crippen molar-refractivity contribution in [2.75, 3.05) is 18.6 Å². The molecule has 134 valence electrons. The lowest BCUT2D eigenvalue weighted by Crippen LogP contribution is -2.50. The summed E-state index contributed by atoms with van der Waals surface area (Å²) in [7, 11) is 1.67. The molecule has 0 spiro atoms. The lowest BCUT2D eigenvalue weighted by atomic mass is 10.2. The van der Waals surface area contributed by atoms with E-state index in [0.29, 0.717) is 11.4 Å². The number of anilines is 1. The van der Waals surface area contributed by atoms with Crippen LogP contribution in [0.25, 0.3) is 10.9 Å². The van der Waals surface area contributed by atoms with Crippen LogP contribution in [0.4, 0.5) is 10.5 Å². The quantitative estimate of drug-likeness (QED) is 0.832. The van der Waals surface area contributed by atoms with Crippen molar-refractivity contribution in [1.82, 2.24) is 10.3 Å². The monoisotopic (exact) mass is 345 g/mol. The van der Waals surface area contributed by atoms with E-state index in [1.165, 1.54) is 4.90 Å². The molecule has 1 atom stereocenters. The summed E-state index contributed by atoms with van der Waals surface area (Å²) in [5, 5.41) is 3.59. The van der Waals surface area contributed by atoms with Crippen molar-refractivity contribution in [2.45, 2.75) is 39.3 Å². The van der Waals surface area contributed by atoms with E-state index in [9.17, 15) is 9.59 Å². The molecule has 1 aliphatic rings. The van der Waals surface area contributed by atoms with Gasteiger partial charge in [-0.2, -0.15) is 0 Å². The molecule has 0 radical (unpaired) electrons. The fourth-order valence-corrected chi connectivity index (χ4v) is 2.82. The largest absolute Gasteiger partial charge is 0.489 e. The molecule has 0 saturated heterocycles. The van der Waals surface area contributed by atoms with Gasteiger partial charge in [0.2, 0.25) is 0 Å². The second kappa shape index (κ2) is 5.98. The van der Waals surface area contributed by atoms with E-state index < -0.39 is 17.7 Å². The van der Waals surface area contributed by atoms with Crippen molar-refractivity contribution in [3.63, 3.8) is 0 Å². The first kappa shape index (κ1) is 17.1. The van der Waals surface area contributed by atoms with E-state index in [0.717, 1.165) is 16.6 Å². The summed E-state index contributed by atoms with van der Waals surface area (Å²) in [5.74, 6) is 0.343. The number of nitrogens with zero attached hydrogens (tertiary/aromatic N) is 1. The number of carbonyl (C=O) groups is 2. The number of benzene rings is 1. The molecule has 25 heavy (non-hydrogen) atoms. The summed E-state index contributed by atoms with van der Waals surface area (Å²) >= 11 is 0. The fourth-order valence-electron chi connectivity index (χ4n) is 2.82. The lowest BCUT2D eigenvalue weighted by Gasteiger charge is -2.23. The number of amides is 2. The Labute approximate surface area is 146 Å². The zero-order valence-corrected chi connectivity index (χ0v) is 15.1. The number of hydrogen-bond donors (Lipinski definition) is 2. The van der Waals surface area contributed by atoms with Gasteiger partial charge in [-0.25, -0.2) is 4.79 Å². The zero-order valence-electron chi connectivity index (χ0n) is 15.1. The van der Waals surface area contributed by atoms with E-state index in [1.54, 1.807) is 27.8 Å². The Morgan fingerprint density at radius 2 is 2.08 bits per heavy atom. The van der Waals surface area contributed by atoms with Gasteiger partial charge >= 0.3 is 6.09 Å². The minimum absolute atomic E-state index is 0.0423. The molecule has 0 aliphatic carbocycles. The standard InChI is InChI=1S/C18H23N3O4/c1-10-6-11-7-14-15(8-12(11)19-10)24-9-13(16(22)21(14)5)20-17(23)25-18(2,3)4/h6-8,13,19H,9H2,1-5H3,(H,20,23)/t13-/m0/s1. The van der Waals surface area contributed by atoms with Crippen LogP contribution < -0.4 is 15.0 Å². The number of aryl methyl sites for hydroxylation is 1. The predicted octanol–water partition coefficient (Wildman–Crippen LogP) is 2.72. The van der Waals surface area contributed by atoms with Crippen molar-refractivity contribution in [2.24, 2.45) is 0 Å². The Balaban J connectivity index is 1.84. The third-order valence-corrected chi connectivity index (χ3v) is 3.92. The average molecular weight is 345 g/mol. The number of H-pyrrole nitrogens is 1. The molecule has 1 aliphatic heterocycles. The van der Waals surface area contributed by atoms with E-state index in [4.69, 9.17) is 9.47 Å². The smallest absolute Gasteiger partial charge is 0.408 e. The van der Waals surface area contributed by atoms with Gasteiger partial charge in [0.05, 0.1) is 5.69 Å². The predicted molar refractivity (Wildman–Crippen MR) is 95.1 cm³/mol. The van der Waals surface area contributed by atoms with E-state index in [2.05, 4.69) is 10.3 Å². The van der Waals surface area contributed by atoms with E-state index in [-0.39, 0.29) is 12.5 Å². The minimum Gasteiger partial charge on any atom is -0.489 e. The molecule has 2 amide bonds. The van der Waals surface area contributed by atoms with Crippen LogP contribution >= 0.6 is 0 Å². The second-order valence-corrected chi connectivity index (χ2v) is 7.27. The first-order valence-corrected chi connectivity index (χ1v) is 8.17. The second-order valence-electron chi connectivity index (χ2n) is 7.27. The first-order valence-electron chi connectivity index (χ1n) is 8.17. The summed E-state index contributed by atoms with van der Waals surface area (Å²) in [5.41, 5.74) is 2.01. The van der Waals surface area contributed by atoms with Gasteiger partial charge in [0.15, 0.2) is 0 Å². The van der Waals surface area contributed by atoms with Crippen LogP contribution in [0.1, 0.15) is 26.5 Å².